The van der Waals surface area contributed by atoms with Crippen LogP contribution in [0.4, 0.5) is 0 Å². The van der Waals surface area contributed by atoms with Crippen LogP contribution in [0.5, 0.6) is 0 Å². The molecule has 1 heteroatoms. The molecule has 0 amide bonds. The fourth-order valence-corrected chi connectivity index (χ4v) is 0.717. The SMILES string of the molecule is C#CC[SiH]CC#C. The monoisotopic (exact) mass is 107 g/mol. The minimum absolute atomic E-state index is 0.350. The molecular formula is C6H7Si. The molecule has 35 valence electrons. The topological polar surface area (TPSA) is 0 Å². The van der Waals surface area contributed by atoms with E-state index in [2.05, 4.69) is 11.8 Å². The van der Waals surface area contributed by atoms with Gasteiger partial charge in [-0.2, -0.15) is 0 Å². The van der Waals surface area contributed by atoms with Crippen molar-refractivity contribution < 1.29 is 0 Å². The lowest BCUT2D eigenvalue weighted by Crippen LogP contribution is -1.80. The van der Waals surface area contributed by atoms with Gasteiger partial charge in [-0.1, -0.05) is 0 Å². The zero-order chi connectivity index (χ0) is 5.54. The maximum atomic E-state index is 4.97. The molecule has 0 saturated carbocycles. The third kappa shape index (κ3) is 5.34. The van der Waals surface area contributed by atoms with Gasteiger partial charge in [-0.15, -0.1) is 24.7 Å². The van der Waals surface area contributed by atoms with Crippen LogP contribution in [0, 0.1) is 24.7 Å². The van der Waals surface area contributed by atoms with Crippen LogP contribution in [0.25, 0.3) is 0 Å². The van der Waals surface area contributed by atoms with Crippen LogP contribution in [-0.2, 0) is 0 Å². The Bertz CT molecular complexity index is 88.3. The molecule has 0 aromatic rings. The van der Waals surface area contributed by atoms with E-state index in [9.17, 15) is 0 Å². The summed E-state index contributed by atoms with van der Waals surface area (Å²) in [5, 5.41) is 0. The maximum Gasteiger partial charge on any atom is 0.0576 e. The van der Waals surface area contributed by atoms with Crippen LogP contribution in [0.3, 0.4) is 0 Å². The predicted octanol–water partition coefficient (Wildman–Crippen LogP) is 0.526. The summed E-state index contributed by atoms with van der Waals surface area (Å²) in [7, 11) is 0.350. The van der Waals surface area contributed by atoms with Gasteiger partial charge in [0.1, 0.15) is 0 Å². The zero-order valence-corrected chi connectivity index (χ0v) is 5.30. The molecule has 0 nitrogen and oxygen atoms in total. The van der Waals surface area contributed by atoms with E-state index < -0.39 is 0 Å². The molecular weight excluding hydrogens is 100 g/mol. The molecule has 0 N–H and O–H groups in total. The second kappa shape index (κ2) is 5.34. The van der Waals surface area contributed by atoms with Crippen molar-refractivity contribution >= 4 is 9.52 Å². The van der Waals surface area contributed by atoms with Gasteiger partial charge in [-0.25, -0.2) is 0 Å². The van der Waals surface area contributed by atoms with Crippen molar-refractivity contribution in [1.82, 2.24) is 0 Å². The second-order valence-corrected chi connectivity index (χ2v) is 2.50. The molecule has 0 atom stereocenters. The minimum atomic E-state index is 0.350. The first-order valence-electron chi connectivity index (χ1n) is 2.10. The summed E-state index contributed by atoms with van der Waals surface area (Å²) in [5.74, 6) is 5.09. The standard InChI is InChI=1S/C6H7Si/c1-3-5-7-6-4-2/h1-2,7H,5-6H2. The largest absolute Gasteiger partial charge is 0.120 e. The second-order valence-electron chi connectivity index (χ2n) is 1.11. The van der Waals surface area contributed by atoms with Crippen LogP contribution >= 0.6 is 0 Å². The number of hydrogen-bond acceptors (Lipinski definition) is 0. The Hall–Kier alpha value is -0.663. The van der Waals surface area contributed by atoms with Gasteiger partial charge in [-0.3, -0.25) is 0 Å². The summed E-state index contributed by atoms with van der Waals surface area (Å²) < 4.78 is 0. The Kier molecular flexibility index (Phi) is 4.83. The van der Waals surface area contributed by atoms with Gasteiger partial charge in [0.2, 0.25) is 0 Å². The van der Waals surface area contributed by atoms with Gasteiger partial charge < -0.3 is 0 Å². The van der Waals surface area contributed by atoms with Crippen LogP contribution in [0.15, 0.2) is 0 Å². The molecule has 0 aromatic carbocycles. The maximum absolute atomic E-state index is 4.97. The summed E-state index contributed by atoms with van der Waals surface area (Å²) in [5.41, 5.74) is 0. The number of rotatable bonds is 2. The quantitative estimate of drug-likeness (QED) is 0.274. The average Bonchev–Trinajstić information content (AvgIpc) is 1.69. The molecule has 0 spiro atoms. The van der Waals surface area contributed by atoms with E-state index in [-0.39, 0.29) is 0 Å². The summed E-state index contributed by atoms with van der Waals surface area (Å²) >= 11 is 0. The van der Waals surface area contributed by atoms with Crippen molar-refractivity contribution in [2.24, 2.45) is 0 Å². The Labute approximate surface area is 47.1 Å². The molecule has 1 radical (unpaired) electrons. The van der Waals surface area contributed by atoms with Crippen LogP contribution in [0.2, 0.25) is 12.1 Å². The summed E-state index contributed by atoms with van der Waals surface area (Å²) in [6.07, 6.45) is 9.94. The van der Waals surface area contributed by atoms with Crippen LogP contribution in [-0.4, -0.2) is 9.52 Å². The Balaban J connectivity index is 2.77. The van der Waals surface area contributed by atoms with Crippen LogP contribution in [0.1, 0.15) is 0 Å². The highest BCUT2D eigenvalue weighted by Crippen LogP contribution is 1.78. The normalized spacial score (nSPS) is 6.57. The molecule has 0 fully saturated rings. The lowest BCUT2D eigenvalue weighted by Gasteiger charge is -1.77. The fourth-order valence-electron chi connectivity index (χ4n) is 0.239. The Morgan fingerprint density at radius 1 is 1.14 bits per heavy atom. The van der Waals surface area contributed by atoms with Gasteiger partial charge in [0, 0.05) is 0 Å². The average molecular weight is 107 g/mol. The van der Waals surface area contributed by atoms with Gasteiger partial charge in [0.05, 0.1) is 9.52 Å². The van der Waals surface area contributed by atoms with E-state index in [4.69, 9.17) is 12.8 Å². The molecule has 0 saturated heterocycles. The molecule has 0 aliphatic carbocycles. The predicted molar refractivity (Wildman–Crippen MR) is 34.4 cm³/mol. The van der Waals surface area contributed by atoms with Gasteiger partial charge in [-0.05, 0) is 12.1 Å². The smallest absolute Gasteiger partial charge is 0.0576 e. The Morgan fingerprint density at radius 2 is 1.57 bits per heavy atom. The lowest BCUT2D eigenvalue weighted by molar-refractivity contribution is 1.71. The van der Waals surface area contributed by atoms with Gasteiger partial charge >= 0.3 is 0 Å². The highest BCUT2D eigenvalue weighted by molar-refractivity contribution is 6.37. The minimum Gasteiger partial charge on any atom is -0.120 e. The molecule has 7 heavy (non-hydrogen) atoms. The molecule has 0 unspecified atom stereocenters. The van der Waals surface area contributed by atoms with E-state index in [0.717, 1.165) is 12.1 Å². The zero-order valence-electron chi connectivity index (χ0n) is 4.15. The number of terminal acetylenes is 2. The molecule has 0 aliphatic heterocycles. The highest BCUT2D eigenvalue weighted by atomic mass is 28.2. The van der Waals surface area contributed by atoms with Crippen molar-refractivity contribution in [3.05, 3.63) is 0 Å². The number of hydrogen-bond donors (Lipinski definition) is 0. The first kappa shape index (κ1) is 6.34. The first-order chi connectivity index (χ1) is 3.41. The third-order valence-corrected chi connectivity index (χ3v) is 1.57. The van der Waals surface area contributed by atoms with E-state index >= 15 is 0 Å². The molecule has 0 rings (SSSR count). The Morgan fingerprint density at radius 3 is 1.86 bits per heavy atom. The van der Waals surface area contributed by atoms with Crippen molar-refractivity contribution in [1.29, 1.82) is 0 Å². The molecule has 0 bridgehead atoms. The molecule has 0 heterocycles. The summed E-state index contributed by atoms with van der Waals surface area (Å²) in [6.45, 7) is 0. The first-order valence-corrected chi connectivity index (χ1v) is 3.73. The molecule has 0 aromatic heterocycles. The summed E-state index contributed by atoms with van der Waals surface area (Å²) in [6, 6.07) is 1.79. The van der Waals surface area contributed by atoms with Gasteiger partial charge in [0.25, 0.3) is 0 Å². The summed E-state index contributed by atoms with van der Waals surface area (Å²) in [4.78, 5) is 0. The lowest BCUT2D eigenvalue weighted by atomic mass is 10.8. The van der Waals surface area contributed by atoms with Gasteiger partial charge in [0.15, 0.2) is 0 Å². The third-order valence-electron chi connectivity index (χ3n) is 0.524. The van der Waals surface area contributed by atoms with E-state index in [1.165, 1.54) is 0 Å². The van der Waals surface area contributed by atoms with Crippen molar-refractivity contribution in [3.63, 3.8) is 0 Å². The van der Waals surface area contributed by atoms with Crippen LogP contribution < -0.4 is 0 Å². The van der Waals surface area contributed by atoms with E-state index in [1.807, 2.05) is 0 Å². The highest BCUT2D eigenvalue weighted by Gasteiger charge is 1.76. The van der Waals surface area contributed by atoms with E-state index in [0.29, 0.717) is 9.52 Å². The van der Waals surface area contributed by atoms with Crippen molar-refractivity contribution in [2.45, 2.75) is 12.1 Å². The van der Waals surface area contributed by atoms with E-state index in [1.54, 1.807) is 0 Å². The fraction of sp³-hybridized carbons (Fsp3) is 0.333. The van der Waals surface area contributed by atoms with Crippen molar-refractivity contribution in [2.75, 3.05) is 0 Å². The van der Waals surface area contributed by atoms with Crippen molar-refractivity contribution in [3.8, 4) is 24.7 Å². The molecule has 0 aliphatic rings.